The third-order valence-electron chi connectivity index (χ3n) is 3.01. The summed E-state index contributed by atoms with van der Waals surface area (Å²) in [4.78, 5) is 15.0. The van der Waals surface area contributed by atoms with E-state index in [1.54, 1.807) is 0 Å². The number of anilines is 1. The highest BCUT2D eigenvalue weighted by molar-refractivity contribution is 5.91. The summed E-state index contributed by atoms with van der Waals surface area (Å²) in [6, 6.07) is 8.06. The quantitative estimate of drug-likeness (QED) is 0.753. The molecule has 0 atom stereocenters. The van der Waals surface area contributed by atoms with Gasteiger partial charge in [0.2, 0.25) is 5.91 Å². The van der Waals surface area contributed by atoms with Gasteiger partial charge in [0.25, 0.3) is 0 Å². The molecule has 1 aromatic carbocycles. The van der Waals surface area contributed by atoms with Crippen LogP contribution in [0.5, 0.6) is 0 Å². The van der Waals surface area contributed by atoms with E-state index in [4.69, 9.17) is 0 Å². The van der Waals surface area contributed by atoms with E-state index in [0.29, 0.717) is 18.5 Å². The van der Waals surface area contributed by atoms with Gasteiger partial charge in [-0.25, -0.2) is 0 Å². The Morgan fingerprint density at radius 3 is 3.11 bits per heavy atom. The van der Waals surface area contributed by atoms with Gasteiger partial charge in [0.15, 0.2) is 0 Å². The molecule has 5 heteroatoms. The minimum atomic E-state index is -0.0477. The van der Waals surface area contributed by atoms with E-state index in [1.807, 2.05) is 24.4 Å². The Balaban J connectivity index is 1.64. The van der Waals surface area contributed by atoms with Gasteiger partial charge in [-0.1, -0.05) is 23.4 Å². The summed E-state index contributed by atoms with van der Waals surface area (Å²) >= 11 is 0. The fraction of sp³-hybridized carbons (Fsp3) is 0.143. The SMILES string of the molecule is O=C(CCc1c[nH]c2ccccc12)Nc1cnoc1. The predicted octanol–water partition coefficient (Wildman–Crippen LogP) is 2.73. The van der Waals surface area contributed by atoms with Crippen molar-refractivity contribution in [2.24, 2.45) is 0 Å². The molecule has 0 aliphatic rings. The van der Waals surface area contributed by atoms with Crippen molar-refractivity contribution in [1.29, 1.82) is 0 Å². The Morgan fingerprint density at radius 1 is 1.37 bits per heavy atom. The van der Waals surface area contributed by atoms with Gasteiger partial charge in [-0.05, 0) is 18.1 Å². The van der Waals surface area contributed by atoms with Gasteiger partial charge in [-0.15, -0.1) is 0 Å². The summed E-state index contributed by atoms with van der Waals surface area (Å²) in [5.41, 5.74) is 2.83. The molecule has 0 aliphatic heterocycles. The van der Waals surface area contributed by atoms with E-state index in [2.05, 4.69) is 26.0 Å². The molecule has 0 unspecified atom stereocenters. The Hall–Kier alpha value is -2.56. The van der Waals surface area contributed by atoms with Crippen LogP contribution in [0.1, 0.15) is 12.0 Å². The average molecular weight is 255 g/mol. The van der Waals surface area contributed by atoms with E-state index in [1.165, 1.54) is 17.8 Å². The Bertz CT molecular complexity index is 686. The molecule has 0 saturated carbocycles. The molecular weight excluding hydrogens is 242 g/mol. The largest absolute Gasteiger partial charge is 0.363 e. The average Bonchev–Trinajstić information content (AvgIpc) is 3.05. The van der Waals surface area contributed by atoms with E-state index in [0.717, 1.165) is 11.1 Å². The lowest BCUT2D eigenvalue weighted by Crippen LogP contribution is -2.11. The summed E-state index contributed by atoms with van der Waals surface area (Å²) in [5.74, 6) is -0.0477. The van der Waals surface area contributed by atoms with Crippen LogP contribution in [-0.4, -0.2) is 16.0 Å². The van der Waals surface area contributed by atoms with Crippen LogP contribution in [0.3, 0.4) is 0 Å². The van der Waals surface area contributed by atoms with E-state index >= 15 is 0 Å². The molecule has 1 amide bonds. The summed E-state index contributed by atoms with van der Waals surface area (Å²) in [5, 5.41) is 7.43. The van der Waals surface area contributed by atoms with Crippen molar-refractivity contribution in [1.82, 2.24) is 10.1 Å². The maximum atomic E-state index is 11.8. The van der Waals surface area contributed by atoms with Crippen molar-refractivity contribution >= 4 is 22.5 Å². The van der Waals surface area contributed by atoms with Gasteiger partial charge in [0.05, 0.1) is 6.20 Å². The van der Waals surface area contributed by atoms with Crippen LogP contribution in [-0.2, 0) is 11.2 Å². The molecule has 19 heavy (non-hydrogen) atoms. The number of hydrogen-bond acceptors (Lipinski definition) is 3. The number of carbonyl (C=O) groups excluding carboxylic acids is 1. The van der Waals surface area contributed by atoms with Gasteiger partial charge in [-0.3, -0.25) is 4.79 Å². The molecule has 0 fully saturated rings. The first-order valence-corrected chi connectivity index (χ1v) is 6.07. The Kier molecular flexibility index (Phi) is 3.02. The molecule has 2 aromatic heterocycles. The zero-order chi connectivity index (χ0) is 13.1. The van der Waals surface area contributed by atoms with Crippen LogP contribution in [0.15, 0.2) is 47.4 Å². The van der Waals surface area contributed by atoms with Crippen molar-refractivity contribution in [2.45, 2.75) is 12.8 Å². The second-order valence-electron chi connectivity index (χ2n) is 4.32. The fourth-order valence-electron chi connectivity index (χ4n) is 2.08. The van der Waals surface area contributed by atoms with E-state index in [9.17, 15) is 4.79 Å². The van der Waals surface area contributed by atoms with Gasteiger partial charge in [0.1, 0.15) is 12.0 Å². The minimum Gasteiger partial charge on any atom is -0.363 e. The van der Waals surface area contributed by atoms with Crippen LogP contribution in [0.2, 0.25) is 0 Å². The third-order valence-corrected chi connectivity index (χ3v) is 3.01. The monoisotopic (exact) mass is 255 g/mol. The van der Waals surface area contributed by atoms with E-state index in [-0.39, 0.29) is 5.91 Å². The number of fused-ring (bicyclic) bond motifs is 1. The number of nitrogens with zero attached hydrogens (tertiary/aromatic N) is 1. The van der Waals surface area contributed by atoms with Gasteiger partial charge >= 0.3 is 0 Å². The first-order valence-electron chi connectivity index (χ1n) is 6.07. The topological polar surface area (TPSA) is 70.9 Å². The van der Waals surface area contributed by atoms with Crippen molar-refractivity contribution in [3.63, 3.8) is 0 Å². The van der Waals surface area contributed by atoms with Crippen LogP contribution in [0, 0.1) is 0 Å². The molecule has 3 rings (SSSR count). The molecule has 96 valence electrons. The molecule has 3 aromatic rings. The molecule has 2 heterocycles. The first kappa shape index (κ1) is 11.5. The van der Waals surface area contributed by atoms with Gasteiger partial charge in [-0.2, -0.15) is 0 Å². The second-order valence-corrected chi connectivity index (χ2v) is 4.32. The summed E-state index contributed by atoms with van der Waals surface area (Å²) < 4.78 is 4.65. The lowest BCUT2D eigenvalue weighted by Gasteiger charge is -2.01. The standard InChI is InChI=1S/C14H13N3O2/c18-14(17-11-8-16-19-9-11)6-5-10-7-15-13-4-2-1-3-12(10)13/h1-4,7-9,15H,5-6H2,(H,17,18). The zero-order valence-corrected chi connectivity index (χ0v) is 10.2. The van der Waals surface area contributed by atoms with Crippen LogP contribution < -0.4 is 5.32 Å². The molecule has 2 N–H and O–H groups in total. The number of aryl methyl sites for hydroxylation is 1. The number of aromatic amines is 1. The second kappa shape index (κ2) is 4.97. The molecule has 0 aliphatic carbocycles. The molecule has 5 nitrogen and oxygen atoms in total. The molecular formula is C14H13N3O2. The number of H-pyrrole nitrogens is 1. The molecule has 0 spiro atoms. The maximum absolute atomic E-state index is 11.8. The van der Waals surface area contributed by atoms with Crippen LogP contribution in [0.25, 0.3) is 10.9 Å². The maximum Gasteiger partial charge on any atom is 0.224 e. The summed E-state index contributed by atoms with van der Waals surface area (Å²) in [6.45, 7) is 0. The lowest BCUT2D eigenvalue weighted by atomic mass is 10.1. The number of benzene rings is 1. The Morgan fingerprint density at radius 2 is 2.26 bits per heavy atom. The van der Waals surface area contributed by atoms with Gasteiger partial charge < -0.3 is 14.8 Å². The van der Waals surface area contributed by atoms with Crippen molar-refractivity contribution in [3.8, 4) is 0 Å². The molecule has 0 radical (unpaired) electrons. The fourth-order valence-corrected chi connectivity index (χ4v) is 2.08. The highest BCUT2D eigenvalue weighted by atomic mass is 16.5. The number of amides is 1. The van der Waals surface area contributed by atoms with Crippen LogP contribution in [0.4, 0.5) is 5.69 Å². The number of nitrogens with one attached hydrogen (secondary N) is 2. The molecule has 0 saturated heterocycles. The summed E-state index contributed by atoms with van der Waals surface area (Å²) in [7, 11) is 0. The number of rotatable bonds is 4. The highest BCUT2D eigenvalue weighted by Gasteiger charge is 2.07. The number of para-hydroxylation sites is 1. The van der Waals surface area contributed by atoms with Crippen LogP contribution >= 0.6 is 0 Å². The molecule has 0 bridgehead atoms. The highest BCUT2D eigenvalue weighted by Crippen LogP contribution is 2.19. The lowest BCUT2D eigenvalue weighted by molar-refractivity contribution is -0.116. The number of aromatic nitrogens is 2. The summed E-state index contributed by atoms with van der Waals surface area (Å²) in [6.07, 6.45) is 5.96. The number of carbonyl (C=O) groups is 1. The third kappa shape index (κ3) is 2.49. The number of hydrogen-bond donors (Lipinski definition) is 2. The smallest absolute Gasteiger partial charge is 0.224 e. The first-order chi connectivity index (χ1) is 9.33. The normalized spacial score (nSPS) is 10.7. The van der Waals surface area contributed by atoms with Crippen molar-refractivity contribution < 1.29 is 9.32 Å². The minimum absolute atomic E-state index is 0.0477. The van der Waals surface area contributed by atoms with Gasteiger partial charge in [0, 0.05) is 23.5 Å². The van der Waals surface area contributed by atoms with E-state index < -0.39 is 0 Å². The predicted molar refractivity (Wildman–Crippen MR) is 71.8 cm³/mol. The van der Waals surface area contributed by atoms with Crippen molar-refractivity contribution in [2.75, 3.05) is 5.32 Å². The zero-order valence-electron chi connectivity index (χ0n) is 10.2. The van der Waals surface area contributed by atoms with Crippen molar-refractivity contribution in [3.05, 3.63) is 48.5 Å². The Labute approximate surface area is 109 Å².